The fourth-order valence-corrected chi connectivity index (χ4v) is 2.69. The Hall–Kier alpha value is -1.03. The molecular formula is C13H21NO3. The Kier molecular flexibility index (Phi) is 2.94. The highest BCUT2D eigenvalue weighted by Gasteiger charge is 2.49. The number of likely N-dealkylation sites (tertiary alicyclic amines) is 1. The van der Waals surface area contributed by atoms with E-state index in [9.17, 15) is 9.90 Å². The smallest absolute Gasteiger partial charge is 0.410 e. The average Bonchev–Trinajstić information content (AvgIpc) is 2.48. The molecule has 1 aliphatic heterocycles. The van der Waals surface area contributed by atoms with E-state index in [4.69, 9.17) is 4.74 Å². The normalized spacial score (nSPS) is 31.8. The van der Waals surface area contributed by atoms with Gasteiger partial charge in [-0.25, -0.2) is 4.79 Å². The number of carbonyl (C=O) groups excluding carboxylic acids is 1. The summed E-state index contributed by atoms with van der Waals surface area (Å²) in [6.45, 7) is 6.24. The molecular weight excluding hydrogens is 218 g/mol. The van der Waals surface area contributed by atoms with E-state index in [1.807, 2.05) is 20.8 Å². The van der Waals surface area contributed by atoms with Gasteiger partial charge < -0.3 is 9.84 Å². The molecule has 2 atom stereocenters. The van der Waals surface area contributed by atoms with Gasteiger partial charge in [0.2, 0.25) is 0 Å². The lowest BCUT2D eigenvalue weighted by Crippen LogP contribution is -2.51. The van der Waals surface area contributed by atoms with Gasteiger partial charge in [0, 0.05) is 6.54 Å². The van der Waals surface area contributed by atoms with Crippen LogP contribution in [0.25, 0.3) is 0 Å². The molecule has 1 saturated heterocycles. The molecule has 4 nitrogen and oxygen atoms in total. The van der Waals surface area contributed by atoms with Crippen LogP contribution in [0.1, 0.15) is 33.6 Å². The predicted octanol–water partition coefficient (Wildman–Crippen LogP) is 1.93. The van der Waals surface area contributed by atoms with Crippen molar-refractivity contribution in [3.8, 4) is 0 Å². The number of amides is 1. The molecule has 0 aromatic carbocycles. The van der Waals surface area contributed by atoms with Crippen molar-refractivity contribution in [1.29, 1.82) is 0 Å². The van der Waals surface area contributed by atoms with Crippen molar-refractivity contribution < 1.29 is 14.6 Å². The summed E-state index contributed by atoms with van der Waals surface area (Å²) in [6, 6.07) is 0. The number of hydrogen-bond acceptors (Lipinski definition) is 3. The molecule has 2 bridgehead atoms. The maximum Gasteiger partial charge on any atom is 0.410 e. The molecule has 1 amide bonds. The van der Waals surface area contributed by atoms with E-state index in [0.717, 1.165) is 12.8 Å². The Labute approximate surface area is 102 Å². The fraction of sp³-hybridized carbons (Fsp3) is 0.769. The molecule has 2 rings (SSSR count). The van der Waals surface area contributed by atoms with Gasteiger partial charge in [-0.1, -0.05) is 12.2 Å². The quantitative estimate of drug-likeness (QED) is 0.711. The molecule has 1 unspecified atom stereocenters. The van der Waals surface area contributed by atoms with Gasteiger partial charge in [0.05, 0.1) is 12.1 Å². The van der Waals surface area contributed by atoms with Crippen molar-refractivity contribution in [3.05, 3.63) is 12.2 Å². The Balaban J connectivity index is 2.14. The Morgan fingerprint density at radius 2 is 2.29 bits per heavy atom. The summed E-state index contributed by atoms with van der Waals surface area (Å²) < 4.78 is 5.40. The van der Waals surface area contributed by atoms with Crippen LogP contribution in [0, 0.1) is 5.92 Å². The second kappa shape index (κ2) is 4.02. The van der Waals surface area contributed by atoms with E-state index in [2.05, 4.69) is 12.2 Å². The summed E-state index contributed by atoms with van der Waals surface area (Å²) >= 11 is 0. The van der Waals surface area contributed by atoms with Crippen molar-refractivity contribution in [2.24, 2.45) is 5.92 Å². The Morgan fingerprint density at radius 3 is 2.88 bits per heavy atom. The topological polar surface area (TPSA) is 49.8 Å². The highest BCUT2D eigenvalue weighted by atomic mass is 16.6. The van der Waals surface area contributed by atoms with Crippen LogP contribution in [-0.4, -0.2) is 40.4 Å². The van der Waals surface area contributed by atoms with Crippen LogP contribution in [0.3, 0.4) is 0 Å². The van der Waals surface area contributed by atoms with Crippen LogP contribution in [0.15, 0.2) is 12.2 Å². The lowest BCUT2D eigenvalue weighted by Gasteiger charge is -2.37. The highest BCUT2D eigenvalue weighted by Crippen LogP contribution is 2.40. The van der Waals surface area contributed by atoms with Crippen LogP contribution < -0.4 is 0 Å². The molecule has 2 aliphatic rings. The van der Waals surface area contributed by atoms with E-state index < -0.39 is 11.1 Å². The second-order valence-corrected chi connectivity index (χ2v) is 6.07. The van der Waals surface area contributed by atoms with Crippen molar-refractivity contribution in [2.75, 3.05) is 13.2 Å². The summed E-state index contributed by atoms with van der Waals surface area (Å²) in [5.41, 5.74) is -0.917. The molecule has 0 spiro atoms. The largest absolute Gasteiger partial charge is 0.444 e. The number of fused-ring (bicyclic) bond motifs is 2. The van der Waals surface area contributed by atoms with Gasteiger partial charge in [0.25, 0.3) is 0 Å². The maximum atomic E-state index is 12.1. The molecule has 0 aromatic heterocycles. The number of aliphatic hydroxyl groups is 1. The number of carbonyl (C=O) groups is 1. The van der Waals surface area contributed by atoms with Gasteiger partial charge >= 0.3 is 6.09 Å². The van der Waals surface area contributed by atoms with Gasteiger partial charge in [0.1, 0.15) is 5.60 Å². The monoisotopic (exact) mass is 239 g/mol. The van der Waals surface area contributed by atoms with E-state index in [1.54, 1.807) is 4.90 Å². The zero-order valence-electron chi connectivity index (χ0n) is 10.8. The van der Waals surface area contributed by atoms with Crippen LogP contribution in [0.2, 0.25) is 0 Å². The molecule has 4 heteroatoms. The molecule has 1 N–H and O–H groups in total. The second-order valence-electron chi connectivity index (χ2n) is 6.07. The van der Waals surface area contributed by atoms with Crippen molar-refractivity contribution >= 4 is 6.09 Å². The summed E-state index contributed by atoms with van der Waals surface area (Å²) in [4.78, 5) is 13.8. The SMILES string of the molecule is CC(C)(C)OC(=O)N1CC2C=CC[C@@]1(CO)C2. The summed E-state index contributed by atoms with van der Waals surface area (Å²) in [5, 5.41) is 9.60. The Morgan fingerprint density at radius 1 is 1.59 bits per heavy atom. The number of nitrogens with zero attached hydrogens (tertiary/aromatic N) is 1. The minimum absolute atomic E-state index is 0.00703. The lowest BCUT2D eigenvalue weighted by molar-refractivity contribution is -0.00381. The van der Waals surface area contributed by atoms with Gasteiger partial charge in [-0.2, -0.15) is 0 Å². The van der Waals surface area contributed by atoms with Gasteiger partial charge in [-0.15, -0.1) is 0 Å². The average molecular weight is 239 g/mol. The van der Waals surface area contributed by atoms with Crippen LogP contribution in [-0.2, 0) is 4.74 Å². The highest BCUT2D eigenvalue weighted by molar-refractivity contribution is 5.70. The van der Waals surface area contributed by atoms with Gasteiger partial charge in [0.15, 0.2) is 0 Å². The van der Waals surface area contributed by atoms with Gasteiger partial charge in [-0.3, -0.25) is 4.90 Å². The molecule has 0 radical (unpaired) electrons. The summed E-state index contributed by atoms with van der Waals surface area (Å²) in [7, 11) is 0. The van der Waals surface area contributed by atoms with E-state index in [-0.39, 0.29) is 12.7 Å². The van der Waals surface area contributed by atoms with E-state index in [1.165, 1.54) is 0 Å². The first-order chi connectivity index (χ1) is 7.86. The van der Waals surface area contributed by atoms with Crippen LogP contribution >= 0.6 is 0 Å². The maximum absolute atomic E-state index is 12.1. The fourth-order valence-electron chi connectivity index (χ4n) is 2.69. The number of rotatable bonds is 1. The standard InChI is InChI=1S/C13H21NO3/c1-12(2,3)17-11(16)14-8-10-5-4-6-13(14,7-10)9-15/h4-5,10,15H,6-9H2,1-3H3/t10?,13-/m0/s1. The molecule has 1 aliphatic carbocycles. The first kappa shape index (κ1) is 12.4. The number of ether oxygens (including phenoxy) is 1. The predicted molar refractivity (Wildman–Crippen MR) is 64.6 cm³/mol. The minimum atomic E-state index is -0.488. The molecule has 96 valence electrons. The first-order valence-electron chi connectivity index (χ1n) is 6.14. The number of hydrogen-bond donors (Lipinski definition) is 1. The molecule has 0 aromatic rings. The lowest BCUT2D eigenvalue weighted by atomic mass is 9.85. The zero-order valence-corrected chi connectivity index (χ0v) is 10.8. The van der Waals surface area contributed by atoms with Crippen LogP contribution in [0.4, 0.5) is 4.79 Å². The third kappa shape index (κ3) is 2.32. The number of aliphatic hydroxyl groups excluding tert-OH is 1. The third-order valence-electron chi connectivity index (χ3n) is 3.45. The third-order valence-corrected chi connectivity index (χ3v) is 3.45. The summed E-state index contributed by atoms with van der Waals surface area (Å²) in [6.07, 6.45) is 5.46. The van der Waals surface area contributed by atoms with Crippen LogP contribution in [0.5, 0.6) is 0 Å². The molecule has 0 saturated carbocycles. The minimum Gasteiger partial charge on any atom is -0.444 e. The van der Waals surface area contributed by atoms with Gasteiger partial charge in [-0.05, 0) is 39.5 Å². The molecule has 1 fully saturated rings. The van der Waals surface area contributed by atoms with E-state index >= 15 is 0 Å². The summed E-state index contributed by atoms with van der Waals surface area (Å²) in [5.74, 6) is 0.364. The first-order valence-corrected chi connectivity index (χ1v) is 6.14. The Bertz CT molecular complexity index is 345. The van der Waals surface area contributed by atoms with Crippen molar-refractivity contribution in [2.45, 2.75) is 44.8 Å². The zero-order chi connectivity index (χ0) is 12.7. The molecule has 1 heterocycles. The molecule has 17 heavy (non-hydrogen) atoms. The van der Waals surface area contributed by atoms with Crippen molar-refractivity contribution in [1.82, 2.24) is 4.90 Å². The van der Waals surface area contributed by atoms with E-state index in [0.29, 0.717) is 12.5 Å². The van der Waals surface area contributed by atoms with Crippen molar-refractivity contribution in [3.63, 3.8) is 0 Å².